The Morgan fingerprint density at radius 1 is 0.727 bits per heavy atom. The number of carbonyl (C=O) groups excluding carboxylic acids is 1. The van der Waals surface area contributed by atoms with E-state index in [-0.39, 0.29) is 11.8 Å². The Balaban J connectivity index is 1.46. The normalized spacial score (nSPS) is 19.0. The molecule has 0 aliphatic carbocycles. The standard InChI is InChI=1S/C31H41NO/c1-3-5-9-25-15-19-27(20-16-25)11-7-13-29-23-32-24-30(31(29)33)14-8-12-28-21-17-26(18-22-28)10-6-4-2/h7-8,11-12,15-22,29-30,32H,3-6,9-10,13-14,23-24H2,1-2H3. The van der Waals surface area contributed by atoms with Crippen molar-refractivity contribution in [2.45, 2.75) is 65.2 Å². The first-order valence-electron chi connectivity index (χ1n) is 12.9. The van der Waals surface area contributed by atoms with Gasteiger partial charge in [-0.05, 0) is 60.8 Å². The van der Waals surface area contributed by atoms with E-state index in [4.69, 9.17) is 0 Å². The first kappa shape index (κ1) is 25.2. The van der Waals surface area contributed by atoms with Gasteiger partial charge in [0.15, 0.2) is 0 Å². The Labute approximate surface area is 201 Å². The van der Waals surface area contributed by atoms with Crippen molar-refractivity contribution in [3.63, 3.8) is 0 Å². The number of nitrogens with one attached hydrogen (secondary N) is 1. The summed E-state index contributed by atoms with van der Waals surface area (Å²) >= 11 is 0. The first-order chi connectivity index (χ1) is 16.2. The van der Waals surface area contributed by atoms with E-state index in [0.717, 1.165) is 38.8 Å². The van der Waals surface area contributed by atoms with Crippen molar-refractivity contribution < 1.29 is 4.79 Å². The summed E-state index contributed by atoms with van der Waals surface area (Å²) in [5.41, 5.74) is 5.24. The van der Waals surface area contributed by atoms with E-state index in [1.165, 1.54) is 47.9 Å². The van der Waals surface area contributed by atoms with E-state index in [1.807, 2.05) is 0 Å². The van der Waals surface area contributed by atoms with Gasteiger partial charge in [0.2, 0.25) is 0 Å². The average molecular weight is 444 g/mol. The van der Waals surface area contributed by atoms with E-state index >= 15 is 0 Å². The number of carbonyl (C=O) groups is 1. The summed E-state index contributed by atoms with van der Waals surface area (Å²) in [6.07, 6.45) is 17.5. The molecule has 1 heterocycles. The van der Waals surface area contributed by atoms with Crippen molar-refractivity contribution in [2.24, 2.45) is 11.8 Å². The highest BCUT2D eigenvalue weighted by atomic mass is 16.1. The van der Waals surface area contributed by atoms with Crippen LogP contribution in [0.15, 0.2) is 60.7 Å². The predicted octanol–water partition coefficient (Wildman–Crippen LogP) is 7.28. The van der Waals surface area contributed by atoms with Crippen molar-refractivity contribution >= 4 is 17.9 Å². The molecule has 0 radical (unpaired) electrons. The third-order valence-electron chi connectivity index (χ3n) is 6.65. The second-order valence-corrected chi connectivity index (χ2v) is 9.42. The number of ketones is 1. The van der Waals surface area contributed by atoms with Crippen molar-refractivity contribution in [3.05, 3.63) is 82.9 Å². The molecule has 2 unspecified atom stereocenters. The summed E-state index contributed by atoms with van der Waals surface area (Å²) in [5.74, 6) is 0.568. The zero-order chi connectivity index (χ0) is 23.3. The van der Waals surface area contributed by atoms with Crippen LogP contribution in [-0.4, -0.2) is 18.9 Å². The molecule has 1 fully saturated rings. The number of Topliss-reactive ketones (excluding diaryl/α,β-unsaturated/α-hetero) is 1. The highest BCUT2D eigenvalue weighted by Crippen LogP contribution is 2.21. The summed E-state index contributed by atoms with van der Waals surface area (Å²) in [6.45, 7) is 6.04. The molecule has 33 heavy (non-hydrogen) atoms. The number of unbranched alkanes of at least 4 members (excludes halogenated alkanes) is 2. The fraction of sp³-hybridized carbons (Fsp3) is 0.452. The Kier molecular flexibility index (Phi) is 10.6. The van der Waals surface area contributed by atoms with E-state index < -0.39 is 0 Å². The molecule has 3 rings (SSSR count). The Morgan fingerprint density at radius 3 is 1.55 bits per heavy atom. The zero-order valence-corrected chi connectivity index (χ0v) is 20.6. The molecule has 0 aromatic heterocycles. The molecule has 1 N–H and O–H groups in total. The SMILES string of the molecule is CCCCc1ccc(C=CCC2CNCC(CC=Cc3ccc(CCCC)cc3)C2=O)cc1. The maximum Gasteiger partial charge on any atom is 0.142 e. The van der Waals surface area contributed by atoms with Gasteiger partial charge in [0.1, 0.15) is 5.78 Å². The minimum atomic E-state index is 0.0788. The van der Waals surface area contributed by atoms with Crippen LogP contribution in [0.1, 0.15) is 74.6 Å². The van der Waals surface area contributed by atoms with E-state index in [9.17, 15) is 4.79 Å². The largest absolute Gasteiger partial charge is 0.315 e. The number of allylic oxidation sites excluding steroid dienone is 2. The van der Waals surface area contributed by atoms with Crippen LogP contribution in [0.4, 0.5) is 0 Å². The Morgan fingerprint density at radius 2 is 1.15 bits per heavy atom. The van der Waals surface area contributed by atoms with E-state index in [2.05, 4.69) is 92.0 Å². The minimum absolute atomic E-state index is 0.0788. The molecule has 0 bridgehead atoms. The zero-order valence-electron chi connectivity index (χ0n) is 20.6. The van der Waals surface area contributed by atoms with Gasteiger partial charge in [0, 0.05) is 24.9 Å². The average Bonchev–Trinajstić information content (AvgIpc) is 2.85. The molecule has 1 aliphatic heterocycles. The van der Waals surface area contributed by atoms with E-state index in [1.54, 1.807) is 0 Å². The highest BCUT2D eigenvalue weighted by molar-refractivity contribution is 5.85. The lowest BCUT2D eigenvalue weighted by Crippen LogP contribution is -2.43. The number of hydrogen-bond acceptors (Lipinski definition) is 2. The second kappa shape index (κ2) is 14.0. The van der Waals surface area contributed by atoms with Crippen LogP contribution in [0.2, 0.25) is 0 Å². The van der Waals surface area contributed by atoms with Crippen LogP contribution in [-0.2, 0) is 17.6 Å². The Hall–Kier alpha value is -2.45. The monoisotopic (exact) mass is 443 g/mol. The molecule has 2 nitrogen and oxygen atoms in total. The van der Waals surface area contributed by atoms with Gasteiger partial charge < -0.3 is 5.32 Å². The van der Waals surface area contributed by atoms with Gasteiger partial charge in [-0.1, -0.05) is 99.5 Å². The predicted molar refractivity (Wildman–Crippen MR) is 142 cm³/mol. The molecule has 0 saturated carbocycles. The van der Waals surface area contributed by atoms with Crippen LogP contribution in [0.3, 0.4) is 0 Å². The molecule has 1 aliphatic rings. The third-order valence-corrected chi connectivity index (χ3v) is 6.65. The molecular formula is C31H41NO. The summed E-state index contributed by atoms with van der Waals surface area (Å²) in [5, 5.41) is 3.48. The van der Waals surface area contributed by atoms with Crippen LogP contribution in [0.5, 0.6) is 0 Å². The molecule has 1 saturated heterocycles. The molecule has 2 aromatic rings. The molecule has 0 amide bonds. The highest BCUT2D eigenvalue weighted by Gasteiger charge is 2.29. The summed E-state index contributed by atoms with van der Waals surface area (Å²) in [4.78, 5) is 13.0. The minimum Gasteiger partial charge on any atom is -0.315 e. The van der Waals surface area contributed by atoms with Gasteiger partial charge in [0.05, 0.1) is 0 Å². The second-order valence-electron chi connectivity index (χ2n) is 9.42. The van der Waals surface area contributed by atoms with Crippen molar-refractivity contribution in [3.8, 4) is 0 Å². The number of rotatable bonds is 12. The van der Waals surface area contributed by atoms with Gasteiger partial charge in [-0.25, -0.2) is 0 Å². The van der Waals surface area contributed by atoms with Crippen LogP contribution >= 0.6 is 0 Å². The quantitative estimate of drug-likeness (QED) is 0.373. The lowest BCUT2D eigenvalue weighted by atomic mass is 9.84. The number of piperidine rings is 1. The molecular weight excluding hydrogens is 402 g/mol. The molecule has 2 aromatic carbocycles. The maximum atomic E-state index is 13.0. The van der Waals surface area contributed by atoms with Crippen LogP contribution in [0, 0.1) is 11.8 Å². The van der Waals surface area contributed by atoms with Crippen molar-refractivity contribution in [1.82, 2.24) is 5.32 Å². The van der Waals surface area contributed by atoms with Gasteiger partial charge >= 0.3 is 0 Å². The molecule has 2 atom stereocenters. The number of benzene rings is 2. The number of hydrogen-bond donors (Lipinski definition) is 1. The van der Waals surface area contributed by atoms with Crippen LogP contribution < -0.4 is 5.32 Å². The topological polar surface area (TPSA) is 29.1 Å². The lowest BCUT2D eigenvalue weighted by molar-refractivity contribution is -0.128. The van der Waals surface area contributed by atoms with Gasteiger partial charge in [-0.15, -0.1) is 0 Å². The fourth-order valence-corrected chi connectivity index (χ4v) is 4.45. The van der Waals surface area contributed by atoms with Gasteiger partial charge in [-0.2, -0.15) is 0 Å². The smallest absolute Gasteiger partial charge is 0.142 e. The summed E-state index contributed by atoms with van der Waals surface area (Å²) in [7, 11) is 0. The van der Waals surface area contributed by atoms with Gasteiger partial charge in [-0.3, -0.25) is 4.79 Å². The van der Waals surface area contributed by atoms with Crippen molar-refractivity contribution in [1.29, 1.82) is 0 Å². The lowest BCUT2D eigenvalue weighted by Gasteiger charge is -2.27. The van der Waals surface area contributed by atoms with Crippen LogP contribution in [0.25, 0.3) is 12.2 Å². The molecule has 0 spiro atoms. The van der Waals surface area contributed by atoms with E-state index in [0.29, 0.717) is 5.78 Å². The fourth-order valence-electron chi connectivity index (χ4n) is 4.45. The Bertz CT molecular complexity index is 818. The number of aryl methyl sites for hydroxylation is 2. The van der Waals surface area contributed by atoms with Gasteiger partial charge in [0.25, 0.3) is 0 Å². The van der Waals surface area contributed by atoms with Crippen molar-refractivity contribution in [2.75, 3.05) is 13.1 Å². The molecule has 176 valence electrons. The maximum absolute atomic E-state index is 13.0. The first-order valence-corrected chi connectivity index (χ1v) is 12.9. The third kappa shape index (κ3) is 8.44. The summed E-state index contributed by atoms with van der Waals surface area (Å²) < 4.78 is 0. The molecule has 2 heteroatoms. The summed E-state index contributed by atoms with van der Waals surface area (Å²) in [6, 6.07) is 17.7.